The monoisotopic (exact) mass is 314 g/mol. The highest BCUT2D eigenvalue weighted by molar-refractivity contribution is 9.09. The molecule has 0 saturated heterocycles. The minimum absolute atomic E-state index is 0.00813. The van der Waals surface area contributed by atoms with Crippen LogP contribution in [0.2, 0.25) is 0 Å². The number of anilines is 1. The van der Waals surface area contributed by atoms with E-state index in [9.17, 15) is 9.59 Å². The van der Waals surface area contributed by atoms with Gasteiger partial charge in [0.05, 0.1) is 5.33 Å². The standard InChI is InChI=1S/C12H15BrN2O3/c1-8(2)14-12(17)18-10-5-3-4-9(6-10)15-11(16)7-13/h3-6,8H,7H2,1-2H3,(H,14,17)(H,15,16). The Morgan fingerprint density at radius 2 is 2.11 bits per heavy atom. The van der Waals surface area contributed by atoms with Crippen LogP contribution in [0, 0.1) is 0 Å². The fraction of sp³-hybridized carbons (Fsp3) is 0.333. The molecular formula is C12H15BrN2O3. The Bertz CT molecular complexity index is 435. The highest BCUT2D eigenvalue weighted by Gasteiger charge is 2.07. The number of carbonyl (C=O) groups is 2. The summed E-state index contributed by atoms with van der Waals surface area (Å²) < 4.78 is 5.07. The van der Waals surface area contributed by atoms with Crippen molar-refractivity contribution in [3.8, 4) is 5.75 Å². The van der Waals surface area contributed by atoms with Crippen LogP contribution in [0.5, 0.6) is 5.75 Å². The Morgan fingerprint density at radius 3 is 2.72 bits per heavy atom. The molecule has 0 aliphatic carbocycles. The minimum atomic E-state index is -0.519. The van der Waals surface area contributed by atoms with Gasteiger partial charge in [-0.15, -0.1) is 0 Å². The highest BCUT2D eigenvalue weighted by Crippen LogP contribution is 2.17. The second kappa shape index (κ2) is 7.00. The number of ether oxygens (including phenoxy) is 1. The summed E-state index contributed by atoms with van der Waals surface area (Å²) in [6, 6.07) is 6.65. The lowest BCUT2D eigenvalue weighted by atomic mass is 10.3. The molecule has 2 N–H and O–H groups in total. The Balaban J connectivity index is 2.64. The van der Waals surface area contributed by atoms with Gasteiger partial charge in [0.15, 0.2) is 0 Å². The van der Waals surface area contributed by atoms with Crippen molar-refractivity contribution in [3.63, 3.8) is 0 Å². The first-order valence-corrected chi connectivity index (χ1v) is 6.57. The van der Waals surface area contributed by atoms with Gasteiger partial charge < -0.3 is 15.4 Å². The molecule has 0 spiro atoms. The van der Waals surface area contributed by atoms with Gasteiger partial charge in [-0.3, -0.25) is 4.79 Å². The van der Waals surface area contributed by atoms with Crippen molar-refractivity contribution in [3.05, 3.63) is 24.3 Å². The number of nitrogens with one attached hydrogen (secondary N) is 2. The number of carbonyl (C=O) groups excluding carboxylic acids is 2. The first-order valence-electron chi connectivity index (χ1n) is 5.45. The van der Waals surface area contributed by atoms with Gasteiger partial charge >= 0.3 is 6.09 Å². The van der Waals surface area contributed by atoms with Crippen molar-refractivity contribution in [1.29, 1.82) is 0 Å². The summed E-state index contributed by atoms with van der Waals surface area (Å²) >= 11 is 3.05. The van der Waals surface area contributed by atoms with E-state index >= 15 is 0 Å². The Morgan fingerprint density at radius 1 is 1.39 bits per heavy atom. The van der Waals surface area contributed by atoms with Gasteiger partial charge in [0, 0.05) is 17.8 Å². The summed E-state index contributed by atoms with van der Waals surface area (Å²) in [6.45, 7) is 3.68. The maximum atomic E-state index is 11.4. The average molecular weight is 315 g/mol. The van der Waals surface area contributed by atoms with E-state index in [-0.39, 0.29) is 17.3 Å². The fourth-order valence-corrected chi connectivity index (χ4v) is 1.34. The van der Waals surface area contributed by atoms with Crippen LogP contribution >= 0.6 is 15.9 Å². The molecule has 0 aromatic heterocycles. The van der Waals surface area contributed by atoms with E-state index in [0.29, 0.717) is 11.4 Å². The Labute approximate surface area is 114 Å². The zero-order chi connectivity index (χ0) is 13.5. The summed E-state index contributed by atoms with van der Waals surface area (Å²) in [5, 5.41) is 5.47. The summed E-state index contributed by atoms with van der Waals surface area (Å²) in [5.74, 6) is 0.208. The van der Waals surface area contributed by atoms with Crippen molar-refractivity contribution in [2.24, 2.45) is 0 Å². The van der Waals surface area contributed by atoms with Crippen LogP contribution in [0.25, 0.3) is 0 Å². The van der Waals surface area contributed by atoms with Crippen LogP contribution < -0.4 is 15.4 Å². The van der Waals surface area contributed by atoms with Crippen LogP contribution in [-0.2, 0) is 4.79 Å². The molecule has 0 saturated carbocycles. The zero-order valence-corrected chi connectivity index (χ0v) is 11.8. The lowest BCUT2D eigenvalue weighted by Gasteiger charge is -2.10. The molecule has 5 nitrogen and oxygen atoms in total. The number of hydrogen-bond donors (Lipinski definition) is 2. The lowest BCUT2D eigenvalue weighted by molar-refractivity contribution is -0.113. The van der Waals surface area contributed by atoms with Crippen LogP contribution in [0.1, 0.15) is 13.8 Å². The minimum Gasteiger partial charge on any atom is -0.410 e. The van der Waals surface area contributed by atoms with Crippen molar-refractivity contribution in [1.82, 2.24) is 5.32 Å². The maximum Gasteiger partial charge on any atom is 0.412 e. The topological polar surface area (TPSA) is 67.4 Å². The third kappa shape index (κ3) is 5.18. The zero-order valence-electron chi connectivity index (χ0n) is 10.2. The quantitative estimate of drug-likeness (QED) is 0.839. The lowest BCUT2D eigenvalue weighted by Crippen LogP contribution is -2.32. The SMILES string of the molecule is CC(C)NC(=O)Oc1cccc(NC(=O)CBr)c1. The molecule has 0 atom stereocenters. The maximum absolute atomic E-state index is 11.4. The van der Waals surface area contributed by atoms with Gasteiger partial charge in [-0.2, -0.15) is 0 Å². The highest BCUT2D eigenvalue weighted by atomic mass is 79.9. The number of rotatable bonds is 4. The van der Waals surface area contributed by atoms with Gasteiger partial charge in [0.25, 0.3) is 0 Å². The largest absolute Gasteiger partial charge is 0.412 e. The van der Waals surface area contributed by atoms with Crippen molar-refractivity contribution in [2.75, 3.05) is 10.6 Å². The van der Waals surface area contributed by atoms with Crippen LogP contribution in [0.15, 0.2) is 24.3 Å². The molecule has 0 radical (unpaired) electrons. The predicted molar refractivity (Wildman–Crippen MR) is 73.2 cm³/mol. The van der Waals surface area contributed by atoms with Crippen LogP contribution in [-0.4, -0.2) is 23.4 Å². The molecule has 0 heterocycles. The van der Waals surface area contributed by atoms with E-state index in [1.54, 1.807) is 24.3 Å². The number of alkyl halides is 1. The Kier molecular flexibility index (Phi) is 5.64. The van der Waals surface area contributed by atoms with Crippen LogP contribution in [0.3, 0.4) is 0 Å². The Hall–Kier alpha value is -1.56. The molecule has 1 rings (SSSR count). The van der Waals surface area contributed by atoms with E-state index in [1.807, 2.05) is 13.8 Å². The molecule has 6 heteroatoms. The van der Waals surface area contributed by atoms with Crippen LogP contribution in [0.4, 0.5) is 10.5 Å². The summed E-state index contributed by atoms with van der Waals surface area (Å²) in [7, 11) is 0. The number of amides is 2. The van der Waals surface area contributed by atoms with E-state index in [1.165, 1.54) is 0 Å². The van der Waals surface area contributed by atoms with E-state index < -0.39 is 6.09 Å². The molecule has 1 aromatic rings. The summed E-state index contributed by atoms with van der Waals surface area (Å²) in [5.41, 5.74) is 0.578. The number of halogens is 1. The number of hydrogen-bond acceptors (Lipinski definition) is 3. The number of benzene rings is 1. The molecule has 0 aliphatic rings. The summed E-state index contributed by atoms with van der Waals surface area (Å²) in [6.07, 6.45) is -0.519. The first-order chi connectivity index (χ1) is 8.51. The third-order valence-electron chi connectivity index (χ3n) is 1.86. The molecule has 1 aromatic carbocycles. The molecule has 98 valence electrons. The first kappa shape index (κ1) is 14.5. The van der Waals surface area contributed by atoms with E-state index in [0.717, 1.165) is 0 Å². The van der Waals surface area contributed by atoms with Crippen molar-refractivity contribution < 1.29 is 14.3 Å². The van der Waals surface area contributed by atoms with Gasteiger partial charge in [-0.05, 0) is 26.0 Å². The molecule has 18 heavy (non-hydrogen) atoms. The average Bonchev–Trinajstić information content (AvgIpc) is 2.28. The molecular weight excluding hydrogens is 300 g/mol. The van der Waals surface area contributed by atoms with Gasteiger partial charge in [-0.25, -0.2) is 4.79 Å². The smallest absolute Gasteiger partial charge is 0.410 e. The van der Waals surface area contributed by atoms with Crippen molar-refractivity contribution in [2.45, 2.75) is 19.9 Å². The van der Waals surface area contributed by atoms with E-state index in [2.05, 4.69) is 26.6 Å². The molecule has 0 bridgehead atoms. The second-order valence-corrected chi connectivity index (χ2v) is 4.46. The predicted octanol–water partition coefficient (Wildman–Crippen LogP) is 2.52. The molecule has 0 fully saturated rings. The molecule has 2 amide bonds. The third-order valence-corrected chi connectivity index (χ3v) is 2.37. The van der Waals surface area contributed by atoms with Gasteiger partial charge in [-0.1, -0.05) is 22.0 Å². The van der Waals surface area contributed by atoms with E-state index in [4.69, 9.17) is 4.74 Å². The second-order valence-electron chi connectivity index (χ2n) is 3.90. The molecule has 0 unspecified atom stereocenters. The molecule has 0 aliphatic heterocycles. The van der Waals surface area contributed by atoms with Gasteiger partial charge in [0.1, 0.15) is 5.75 Å². The normalized spacial score (nSPS) is 10.0. The van der Waals surface area contributed by atoms with Crippen molar-refractivity contribution >= 4 is 33.6 Å². The van der Waals surface area contributed by atoms with Gasteiger partial charge in [0.2, 0.25) is 5.91 Å². The summed E-state index contributed by atoms with van der Waals surface area (Å²) in [4.78, 5) is 22.6. The fourth-order valence-electron chi connectivity index (χ4n) is 1.20.